The average Bonchev–Trinajstić information content (AvgIpc) is 3.42. The standard InChI is InChI=1S/C31H21NO2/c1-18-8-6-12-24-27(18)22-17-26-30(28-19(2)9-7-13-25(28)33-26)29(31(22)34-24)21-14-15-32-23(16-21)20-10-4-3-5-11-20/h3-17H,1-2H3. The SMILES string of the molecule is Cc1cccc2oc3c(-c4ccnc(-c5ccccc5)c4)c4c(cc3c12)oc1cccc(C)c14. The normalized spacial score (nSPS) is 11.8. The molecule has 0 bridgehead atoms. The fraction of sp³-hybridized carbons (Fsp3) is 0.0645. The maximum absolute atomic E-state index is 6.57. The van der Waals surface area contributed by atoms with Crippen molar-refractivity contribution in [2.45, 2.75) is 13.8 Å². The predicted octanol–water partition coefficient (Wildman–Crippen LogP) is 8.83. The van der Waals surface area contributed by atoms with Crippen LogP contribution in [0.5, 0.6) is 0 Å². The molecular formula is C31H21NO2. The number of aryl methyl sites for hydroxylation is 2. The Morgan fingerprint density at radius 2 is 1.32 bits per heavy atom. The molecule has 0 N–H and O–H groups in total. The van der Waals surface area contributed by atoms with Crippen LogP contribution >= 0.6 is 0 Å². The number of hydrogen-bond acceptors (Lipinski definition) is 3. The Balaban J connectivity index is 1.68. The Labute approximate surface area is 196 Å². The van der Waals surface area contributed by atoms with E-state index in [1.165, 1.54) is 11.1 Å². The maximum atomic E-state index is 6.57. The Bertz CT molecular complexity index is 1870. The van der Waals surface area contributed by atoms with Gasteiger partial charge in [0.1, 0.15) is 22.3 Å². The molecule has 0 aliphatic heterocycles. The largest absolute Gasteiger partial charge is 0.456 e. The highest BCUT2D eigenvalue weighted by Gasteiger charge is 2.22. The van der Waals surface area contributed by atoms with Crippen molar-refractivity contribution >= 4 is 43.9 Å². The van der Waals surface area contributed by atoms with Crippen LogP contribution in [0, 0.1) is 13.8 Å². The molecule has 3 nitrogen and oxygen atoms in total. The molecule has 0 unspecified atom stereocenters. The van der Waals surface area contributed by atoms with Gasteiger partial charge in [-0.3, -0.25) is 4.98 Å². The van der Waals surface area contributed by atoms with Gasteiger partial charge < -0.3 is 8.83 Å². The minimum atomic E-state index is 0.871. The van der Waals surface area contributed by atoms with E-state index in [0.29, 0.717) is 0 Å². The number of nitrogens with zero attached hydrogens (tertiary/aromatic N) is 1. The first-order valence-corrected chi connectivity index (χ1v) is 11.5. The topological polar surface area (TPSA) is 39.2 Å². The van der Waals surface area contributed by atoms with Crippen molar-refractivity contribution in [3.63, 3.8) is 0 Å². The van der Waals surface area contributed by atoms with E-state index in [1.807, 2.05) is 48.7 Å². The number of hydrogen-bond donors (Lipinski definition) is 0. The molecule has 0 radical (unpaired) electrons. The molecular weight excluding hydrogens is 418 g/mol. The van der Waals surface area contributed by atoms with Crippen LogP contribution in [0.1, 0.15) is 11.1 Å². The van der Waals surface area contributed by atoms with Gasteiger partial charge in [0, 0.05) is 38.9 Å². The highest BCUT2D eigenvalue weighted by atomic mass is 16.3. The van der Waals surface area contributed by atoms with E-state index < -0.39 is 0 Å². The quantitative estimate of drug-likeness (QED) is 0.270. The number of aromatic nitrogens is 1. The highest BCUT2D eigenvalue weighted by Crippen LogP contribution is 2.46. The highest BCUT2D eigenvalue weighted by molar-refractivity contribution is 6.24. The van der Waals surface area contributed by atoms with Gasteiger partial charge in [-0.15, -0.1) is 0 Å². The van der Waals surface area contributed by atoms with Crippen LogP contribution in [0.25, 0.3) is 66.3 Å². The van der Waals surface area contributed by atoms with Crippen LogP contribution in [0.4, 0.5) is 0 Å². The number of fused-ring (bicyclic) bond motifs is 6. The van der Waals surface area contributed by atoms with Gasteiger partial charge in [-0.25, -0.2) is 0 Å². The van der Waals surface area contributed by atoms with Crippen molar-refractivity contribution in [3.8, 4) is 22.4 Å². The summed E-state index contributed by atoms with van der Waals surface area (Å²) < 4.78 is 13.0. The van der Waals surface area contributed by atoms with Gasteiger partial charge >= 0.3 is 0 Å². The monoisotopic (exact) mass is 439 g/mol. The lowest BCUT2D eigenvalue weighted by Crippen LogP contribution is -1.87. The minimum Gasteiger partial charge on any atom is -0.456 e. The van der Waals surface area contributed by atoms with Gasteiger partial charge in [0.05, 0.1) is 5.69 Å². The van der Waals surface area contributed by atoms with Crippen molar-refractivity contribution in [1.29, 1.82) is 0 Å². The fourth-order valence-corrected chi connectivity index (χ4v) is 5.23. The Morgan fingerprint density at radius 3 is 2.12 bits per heavy atom. The first-order valence-electron chi connectivity index (χ1n) is 11.5. The molecule has 0 spiro atoms. The Hall–Kier alpha value is -4.37. The molecule has 0 saturated carbocycles. The third kappa shape index (κ3) is 2.67. The zero-order valence-electron chi connectivity index (χ0n) is 18.9. The zero-order chi connectivity index (χ0) is 22.8. The van der Waals surface area contributed by atoms with E-state index >= 15 is 0 Å². The summed E-state index contributed by atoms with van der Waals surface area (Å²) in [4.78, 5) is 4.67. The molecule has 0 amide bonds. The maximum Gasteiger partial charge on any atom is 0.144 e. The Kier molecular flexibility index (Phi) is 3.97. The molecule has 0 saturated heterocycles. The molecule has 0 aliphatic rings. The van der Waals surface area contributed by atoms with E-state index in [9.17, 15) is 0 Å². The summed E-state index contributed by atoms with van der Waals surface area (Å²) in [6.45, 7) is 4.26. The van der Waals surface area contributed by atoms with Gasteiger partial charge in [0.25, 0.3) is 0 Å². The van der Waals surface area contributed by atoms with Crippen LogP contribution < -0.4 is 0 Å². The summed E-state index contributed by atoms with van der Waals surface area (Å²) in [7, 11) is 0. The lowest BCUT2D eigenvalue weighted by atomic mass is 9.94. The summed E-state index contributed by atoms with van der Waals surface area (Å²) in [5, 5.41) is 4.42. The van der Waals surface area contributed by atoms with Gasteiger partial charge in [0.15, 0.2) is 0 Å². The zero-order valence-corrected chi connectivity index (χ0v) is 18.9. The predicted molar refractivity (Wildman–Crippen MR) is 139 cm³/mol. The molecule has 0 aliphatic carbocycles. The molecule has 4 aromatic carbocycles. The van der Waals surface area contributed by atoms with Crippen LogP contribution in [0.3, 0.4) is 0 Å². The molecule has 0 atom stereocenters. The molecule has 0 fully saturated rings. The van der Waals surface area contributed by atoms with Gasteiger partial charge in [-0.1, -0.05) is 54.6 Å². The van der Waals surface area contributed by atoms with Crippen LogP contribution in [-0.4, -0.2) is 4.98 Å². The van der Waals surface area contributed by atoms with Crippen molar-refractivity contribution < 1.29 is 8.83 Å². The average molecular weight is 440 g/mol. The fourth-order valence-electron chi connectivity index (χ4n) is 5.23. The first kappa shape index (κ1) is 19.1. The minimum absolute atomic E-state index is 0.871. The van der Waals surface area contributed by atoms with Crippen molar-refractivity contribution in [3.05, 3.63) is 102 Å². The van der Waals surface area contributed by atoms with E-state index in [2.05, 4.69) is 61.3 Å². The number of rotatable bonds is 2. The molecule has 162 valence electrons. The second-order valence-electron chi connectivity index (χ2n) is 8.90. The second-order valence-corrected chi connectivity index (χ2v) is 8.90. The molecule has 3 heterocycles. The van der Waals surface area contributed by atoms with E-state index in [1.54, 1.807) is 0 Å². The summed E-state index contributed by atoms with van der Waals surface area (Å²) in [6.07, 6.45) is 1.88. The third-order valence-electron chi connectivity index (χ3n) is 6.78. The second kappa shape index (κ2) is 7.06. The third-order valence-corrected chi connectivity index (χ3v) is 6.78. The summed E-state index contributed by atoms with van der Waals surface area (Å²) in [5.41, 5.74) is 10.0. The number of benzene rings is 4. The van der Waals surface area contributed by atoms with E-state index in [0.717, 1.165) is 66.3 Å². The van der Waals surface area contributed by atoms with E-state index in [4.69, 9.17) is 8.83 Å². The van der Waals surface area contributed by atoms with Crippen molar-refractivity contribution in [1.82, 2.24) is 4.98 Å². The van der Waals surface area contributed by atoms with Crippen molar-refractivity contribution in [2.75, 3.05) is 0 Å². The summed E-state index contributed by atoms with van der Waals surface area (Å²) in [6, 6.07) is 29.1. The number of pyridine rings is 1. The van der Waals surface area contributed by atoms with Crippen LogP contribution in [0.2, 0.25) is 0 Å². The molecule has 3 heteroatoms. The summed E-state index contributed by atoms with van der Waals surface area (Å²) >= 11 is 0. The van der Waals surface area contributed by atoms with Gasteiger partial charge in [-0.2, -0.15) is 0 Å². The lowest BCUT2D eigenvalue weighted by Gasteiger charge is -2.09. The molecule has 7 rings (SSSR count). The van der Waals surface area contributed by atoms with Crippen LogP contribution in [-0.2, 0) is 0 Å². The first-order chi connectivity index (χ1) is 16.7. The van der Waals surface area contributed by atoms with E-state index in [-0.39, 0.29) is 0 Å². The lowest BCUT2D eigenvalue weighted by molar-refractivity contribution is 0.664. The molecule has 3 aromatic heterocycles. The van der Waals surface area contributed by atoms with Gasteiger partial charge in [0.2, 0.25) is 0 Å². The number of furan rings is 2. The van der Waals surface area contributed by atoms with Crippen LogP contribution in [0.15, 0.2) is 100.0 Å². The van der Waals surface area contributed by atoms with Gasteiger partial charge in [-0.05, 0) is 60.9 Å². The summed E-state index contributed by atoms with van der Waals surface area (Å²) in [5.74, 6) is 0. The Morgan fingerprint density at radius 1 is 0.588 bits per heavy atom. The molecule has 34 heavy (non-hydrogen) atoms. The van der Waals surface area contributed by atoms with Crippen molar-refractivity contribution in [2.24, 2.45) is 0 Å². The smallest absolute Gasteiger partial charge is 0.144 e. The molecule has 7 aromatic rings.